The average Bonchev–Trinajstić information content (AvgIpc) is 2.55. The Morgan fingerprint density at radius 2 is 2.13 bits per heavy atom. The van der Waals surface area contributed by atoms with Gasteiger partial charge in [0.2, 0.25) is 5.91 Å². The molecule has 1 aliphatic rings. The van der Waals surface area contributed by atoms with Crippen molar-refractivity contribution in [2.75, 3.05) is 19.7 Å². The molecule has 0 aliphatic carbocycles. The second-order valence-electron chi connectivity index (χ2n) is 5.73. The van der Waals surface area contributed by atoms with Crippen molar-refractivity contribution in [2.24, 2.45) is 11.7 Å². The van der Waals surface area contributed by atoms with Crippen molar-refractivity contribution in [1.29, 1.82) is 0 Å². The largest absolute Gasteiger partial charge is 0.370 e. The number of benzene rings is 1. The standard InChI is InChI=1S/C16H22Cl2N2O2.ClH/c1-3-10(2)15(19)16(21)20-6-7-22-14(9-20)11-4-5-12(17)13(18)8-11;/h4-5,8,10,14-15H,3,6-7,9,19H2,1-2H3;1H. The lowest BCUT2D eigenvalue weighted by Crippen LogP contribution is -2.51. The molecule has 0 aromatic heterocycles. The highest BCUT2D eigenvalue weighted by atomic mass is 35.5. The Hall–Kier alpha value is -0.520. The summed E-state index contributed by atoms with van der Waals surface area (Å²) >= 11 is 12.0. The Morgan fingerprint density at radius 3 is 2.74 bits per heavy atom. The van der Waals surface area contributed by atoms with Crippen LogP contribution in [0, 0.1) is 5.92 Å². The second-order valence-corrected chi connectivity index (χ2v) is 6.54. The van der Waals surface area contributed by atoms with Gasteiger partial charge in [0.05, 0.1) is 29.2 Å². The van der Waals surface area contributed by atoms with Crippen LogP contribution in [0.25, 0.3) is 0 Å². The molecule has 2 N–H and O–H groups in total. The van der Waals surface area contributed by atoms with Crippen LogP contribution in [0.2, 0.25) is 10.0 Å². The average molecular weight is 382 g/mol. The first-order chi connectivity index (χ1) is 10.4. The second kappa shape index (κ2) is 9.09. The summed E-state index contributed by atoms with van der Waals surface area (Å²) in [6.45, 7) is 5.58. The molecule has 1 aromatic carbocycles. The fourth-order valence-corrected chi connectivity index (χ4v) is 2.78. The van der Waals surface area contributed by atoms with Gasteiger partial charge in [-0.3, -0.25) is 4.79 Å². The van der Waals surface area contributed by atoms with Gasteiger partial charge < -0.3 is 15.4 Å². The molecule has 1 saturated heterocycles. The summed E-state index contributed by atoms with van der Waals surface area (Å²) in [4.78, 5) is 14.3. The molecule has 1 fully saturated rings. The molecular formula is C16H23Cl3N2O2. The summed E-state index contributed by atoms with van der Waals surface area (Å²) in [5.41, 5.74) is 6.98. The predicted molar refractivity (Wildman–Crippen MR) is 96.4 cm³/mol. The van der Waals surface area contributed by atoms with Crippen LogP contribution in [0.15, 0.2) is 18.2 Å². The number of nitrogens with two attached hydrogens (primary N) is 1. The van der Waals surface area contributed by atoms with Crippen LogP contribution in [0.3, 0.4) is 0 Å². The predicted octanol–water partition coefficient (Wildman–Crippen LogP) is 3.69. The van der Waals surface area contributed by atoms with Gasteiger partial charge in [-0.15, -0.1) is 12.4 Å². The van der Waals surface area contributed by atoms with Crippen LogP contribution in [0.1, 0.15) is 31.9 Å². The first-order valence-corrected chi connectivity index (χ1v) is 8.30. The summed E-state index contributed by atoms with van der Waals surface area (Å²) in [5.74, 6) is 0.154. The fourth-order valence-electron chi connectivity index (χ4n) is 2.47. The van der Waals surface area contributed by atoms with Crippen molar-refractivity contribution in [2.45, 2.75) is 32.4 Å². The van der Waals surface area contributed by atoms with E-state index in [4.69, 9.17) is 33.7 Å². The minimum Gasteiger partial charge on any atom is -0.370 e. The third kappa shape index (κ3) is 4.97. The van der Waals surface area contributed by atoms with E-state index in [-0.39, 0.29) is 30.3 Å². The van der Waals surface area contributed by atoms with E-state index in [0.29, 0.717) is 29.7 Å². The van der Waals surface area contributed by atoms with Gasteiger partial charge in [0, 0.05) is 6.54 Å². The molecule has 0 bridgehead atoms. The topological polar surface area (TPSA) is 55.6 Å². The number of halogens is 3. The van der Waals surface area contributed by atoms with Gasteiger partial charge >= 0.3 is 0 Å². The minimum absolute atomic E-state index is 0. The van der Waals surface area contributed by atoms with Gasteiger partial charge in [0.15, 0.2) is 0 Å². The van der Waals surface area contributed by atoms with Gasteiger partial charge in [0.1, 0.15) is 6.10 Å². The van der Waals surface area contributed by atoms with Crippen LogP contribution in [-0.2, 0) is 9.53 Å². The number of rotatable bonds is 4. The van der Waals surface area contributed by atoms with Crippen molar-refractivity contribution in [3.8, 4) is 0 Å². The van der Waals surface area contributed by atoms with Crippen molar-refractivity contribution >= 4 is 41.5 Å². The Bertz CT molecular complexity index is 542. The fraction of sp³-hybridized carbons (Fsp3) is 0.562. The van der Waals surface area contributed by atoms with E-state index in [2.05, 4.69) is 0 Å². The van der Waals surface area contributed by atoms with Gasteiger partial charge in [-0.25, -0.2) is 0 Å². The van der Waals surface area contributed by atoms with E-state index in [1.165, 1.54) is 0 Å². The first kappa shape index (κ1) is 20.5. The Balaban J connectivity index is 0.00000264. The zero-order valence-corrected chi connectivity index (χ0v) is 15.6. The Morgan fingerprint density at radius 1 is 1.43 bits per heavy atom. The highest BCUT2D eigenvalue weighted by Gasteiger charge is 2.30. The zero-order valence-electron chi connectivity index (χ0n) is 13.3. The Labute approximate surface area is 153 Å². The van der Waals surface area contributed by atoms with E-state index in [9.17, 15) is 4.79 Å². The third-order valence-corrected chi connectivity index (χ3v) is 4.97. The minimum atomic E-state index is -0.461. The SMILES string of the molecule is CCC(C)C(N)C(=O)N1CCOC(c2ccc(Cl)c(Cl)c2)C1.Cl. The van der Waals surface area contributed by atoms with Crippen LogP contribution in [0.4, 0.5) is 0 Å². The summed E-state index contributed by atoms with van der Waals surface area (Å²) in [6.07, 6.45) is 0.685. The lowest BCUT2D eigenvalue weighted by atomic mass is 9.98. The van der Waals surface area contributed by atoms with Crippen molar-refractivity contribution in [1.82, 2.24) is 4.90 Å². The first-order valence-electron chi connectivity index (χ1n) is 7.55. The highest BCUT2D eigenvalue weighted by molar-refractivity contribution is 6.42. The number of morpholine rings is 1. The summed E-state index contributed by atoms with van der Waals surface area (Å²) in [6, 6.07) is 4.95. The maximum atomic E-state index is 12.5. The maximum absolute atomic E-state index is 12.5. The van der Waals surface area contributed by atoms with E-state index in [1.54, 1.807) is 17.0 Å². The van der Waals surface area contributed by atoms with Gasteiger partial charge in [-0.2, -0.15) is 0 Å². The summed E-state index contributed by atoms with van der Waals surface area (Å²) in [5, 5.41) is 0.996. The molecule has 1 amide bonds. The maximum Gasteiger partial charge on any atom is 0.239 e. The normalized spacial score (nSPS) is 20.6. The summed E-state index contributed by atoms with van der Waals surface area (Å²) < 4.78 is 5.77. The molecule has 130 valence electrons. The monoisotopic (exact) mass is 380 g/mol. The van der Waals surface area contributed by atoms with E-state index >= 15 is 0 Å². The van der Waals surface area contributed by atoms with Crippen LogP contribution in [0.5, 0.6) is 0 Å². The number of ether oxygens (including phenoxy) is 1. The molecule has 0 saturated carbocycles. The van der Waals surface area contributed by atoms with Gasteiger partial charge in [0.25, 0.3) is 0 Å². The molecular weight excluding hydrogens is 359 g/mol. The van der Waals surface area contributed by atoms with Gasteiger partial charge in [-0.05, 0) is 23.6 Å². The number of hydrogen-bond donors (Lipinski definition) is 1. The Kier molecular flexibility index (Phi) is 8.11. The number of amides is 1. The molecule has 23 heavy (non-hydrogen) atoms. The molecule has 3 unspecified atom stereocenters. The van der Waals surface area contributed by atoms with Crippen molar-refractivity contribution in [3.63, 3.8) is 0 Å². The van der Waals surface area contributed by atoms with Crippen molar-refractivity contribution < 1.29 is 9.53 Å². The highest BCUT2D eigenvalue weighted by Crippen LogP contribution is 2.29. The number of nitrogens with zero attached hydrogens (tertiary/aromatic N) is 1. The smallest absolute Gasteiger partial charge is 0.239 e. The lowest BCUT2D eigenvalue weighted by molar-refractivity contribution is -0.141. The van der Waals surface area contributed by atoms with E-state index < -0.39 is 6.04 Å². The number of hydrogen-bond acceptors (Lipinski definition) is 3. The molecule has 3 atom stereocenters. The van der Waals surface area contributed by atoms with Crippen LogP contribution >= 0.6 is 35.6 Å². The molecule has 0 spiro atoms. The molecule has 7 heteroatoms. The van der Waals surface area contributed by atoms with E-state index in [0.717, 1.165) is 12.0 Å². The molecule has 2 rings (SSSR count). The molecule has 4 nitrogen and oxygen atoms in total. The summed E-state index contributed by atoms with van der Waals surface area (Å²) in [7, 11) is 0. The number of carbonyl (C=O) groups excluding carboxylic acids is 1. The van der Waals surface area contributed by atoms with Crippen LogP contribution < -0.4 is 5.73 Å². The quantitative estimate of drug-likeness (QED) is 0.865. The molecule has 1 aromatic rings. The molecule has 0 radical (unpaired) electrons. The number of carbonyl (C=O) groups is 1. The zero-order chi connectivity index (χ0) is 16.3. The van der Waals surface area contributed by atoms with E-state index in [1.807, 2.05) is 19.9 Å². The molecule has 1 heterocycles. The third-order valence-electron chi connectivity index (χ3n) is 4.24. The van der Waals surface area contributed by atoms with Crippen LogP contribution in [-0.4, -0.2) is 36.5 Å². The molecule has 1 aliphatic heterocycles. The van der Waals surface area contributed by atoms with Crippen molar-refractivity contribution in [3.05, 3.63) is 33.8 Å². The lowest BCUT2D eigenvalue weighted by Gasteiger charge is -2.35. The van der Waals surface area contributed by atoms with Gasteiger partial charge in [-0.1, -0.05) is 49.5 Å².